The highest BCUT2D eigenvalue weighted by molar-refractivity contribution is 5.91. The first-order chi connectivity index (χ1) is 10.7. The lowest BCUT2D eigenvalue weighted by Crippen LogP contribution is -2.33. The normalized spacial score (nSPS) is 14.9. The van der Waals surface area contributed by atoms with Crippen LogP contribution in [-0.4, -0.2) is 25.0 Å². The Morgan fingerprint density at radius 3 is 2.77 bits per heavy atom. The Morgan fingerprint density at radius 2 is 2.05 bits per heavy atom. The van der Waals surface area contributed by atoms with Crippen molar-refractivity contribution in [1.82, 2.24) is 5.32 Å². The Morgan fingerprint density at radius 1 is 1.27 bits per heavy atom. The number of esters is 1. The van der Waals surface area contributed by atoms with Crippen LogP contribution in [0.3, 0.4) is 0 Å². The molecule has 0 atom stereocenters. The van der Waals surface area contributed by atoms with E-state index in [1.54, 1.807) is 18.2 Å². The SMILES string of the molecule is N#Cc1cccc(C(=O)OCC(=O)NCC2CCCCC2)c1. The first kappa shape index (κ1) is 16.0. The molecule has 1 aliphatic rings. The molecule has 0 unspecified atom stereocenters. The van der Waals surface area contributed by atoms with Gasteiger partial charge in [-0.05, 0) is 37.0 Å². The van der Waals surface area contributed by atoms with E-state index < -0.39 is 5.97 Å². The number of amides is 1. The van der Waals surface area contributed by atoms with Crippen molar-refractivity contribution >= 4 is 11.9 Å². The zero-order chi connectivity index (χ0) is 15.8. The summed E-state index contributed by atoms with van der Waals surface area (Å²) in [6.07, 6.45) is 6.04. The molecule has 22 heavy (non-hydrogen) atoms. The Labute approximate surface area is 130 Å². The Kier molecular flexibility index (Phi) is 5.96. The summed E-state index contributed by atoms with van der Waals surface area (Å²) in [6, 6.07) is 8.18. The maximum absolute atomic E-state index is 11.8. The quantitative estimate of drug-likeness (QED) is 0.847. The van der Waals surface area contributed by atoms with Crippen molar-refractivity contribution < 1.29 is 14.3 Å². The summed E-state index contributed by atoms with van der Waals surface area (Å²) in [4.78, 5) is 23.5. The zero-order valence-corrected chi connectivity index (χ0v) is 12.5. The summed E-state index contributed by atoms with van der Waals surface area (Å²) in [5.74, 6) is -0.332. The average molecular weight is 300 g/mol. The summed E-state index contributed by atoms with van der Waals surface area (Å²) in [5.41, 5.74) is 0.662. The maximum Gasteiger partial charge on any atom is 0.338 e. The van der Waals surface area contributed by atoms with Crippen LogP contribution in [0.25, 0.3) is 0 Å². The van der Waals surface area contributed by atoms with Gasteiger partial charge >= 0.3 is 5.97 Å². The van der Waals surface area contributed by atoms with Crippen LogP contribution in [0.5, 0.6) is 0 Å². The second-order valence-electron chi connectivity index (χ2n) is 5.58. The third kappa shape index (κ3) is 4.88. The van der Waals surface area contributed by atoms with Crippen LogP contribution in [0.2, 0.25) is 0 Å². The lowest BCUT2D eigenvalue weighted by molar-refractivity contribution is -0.124. The first-order valence-electron chi connectivity index (χ1n) is 7.63. The molecule has 1 amide bonds. The van der Waals surface area contributed by atoms with E-state index in [4.69, 9.17) is 10.00 Å². The van der Waals surface area contributed by atoms with E-state index in [9.17, 15) is 9.59 Å². The summed E-state index contributed by atoms with van der Waals surface area (Å²) in [6.45, 7) is 0.364. The number of rotatable bonds is 5. The number of carbonyl (C=O) groups excluding carboxylic acids is 2. The van der Waals surface area contributed by atoms with Crippen molar-refractivity contribution in [2.75, 3.05) is 13.2 Å². The number of benzene rings is 1. The van der Waals surface area contributed by atoms with Crippen LogP contribution in [-0.2, 0) is 9.53 Å². The molecule has 0 bridgehead atoms. The number of hydrogen-bond acceptors (Lipinski definition) is 4. The minimum absolute atomic E-state index is 0.277. The highest BCUT2D eigenvalue weighted by Crippen LogP contribution is 2.22. The van der Waals surface area contributed by atoms with E-state index in [2.05, 4.69) is 5.32 Å². The van der Waals surface area contributed by atoms with Gasteiger partial charge in [0.05, 0.1) is 17.2 Å². The lowest BCUT2D eigenvalue weighted by atomic mass is 9.89. The van der Waals surface area contributed by atoms with Crippen molar-refractivity contribution in [1.29, 1.82) is 5.26 Å². The van der Waals surface area contributed by atoms with Crippen molar-refractivity contribution in [2.45, 2.75) is 32.1 Å². The number of hydrogen-bond donors (Lipinski definition) is 1. The van der Waals surface area contributed by atoms with Gasteiger partial charge in [-0.2, -0.15) is 5.26 Å². The molecule has 5 nitrogen and oxygen atoms in total. The molecule has 0 aliphatic heterocycles. The summed E-state index contributed by atoms with van der Waals surface area (Å²) < 4.78 is 4.97. The number of nitriles is 1. The molecule has 0 spiro atoms. The fraction of sp³-hybridized carbons (Fsp3) is 0.471. The summed E-state index contributed by atoms with van der Waals surface area (Å²) in [5, 5.41) is 11.6. The fourth-order valence-electron chi connectivity index (χ4n) is 2.63. The third-order valence-electron chi connectivity index (χ3n) is 3.87. The van der Waals surface area contributed by atoms with Crippen molar-refractivity contribution in [3.63, 3.8) is 0 Å². The topological polar surface area (TPSA) is 79.2 Å². The van der Waals surface area contributed by atoms with Gasteiger partial charge in [-0.3, -0.25) is 4.79 Å². The smallest absolute Gasteiger partial charge is 0.338 e. The predicted octanol–water partition coefficient (Wildman–Crippen LogP) is 2.41. The number of carbonyl (C=O) groups is 2. The molecule has 1 aromatic carbocycles. The van der Waals surface area contributed by atoms with Crippen LogP contribution >= 0.6 is 0 Å². The fourth-order valence-corrected chi connectivity index (χ4v) is 2.63. The minimum atomic E-state index is -0.593. The molecule has 1 fully saturated rings. The van der Waals surface area contributed by atoms with E-state index in [1.807, 2.05) is 6.07 Å². The van der Waals surface area contributed by atoms with Gasteiger partial charge in [-0.25, -0.2) is 4.79 Å². The van der Waals surface area contributed by atoms with Crippen molar-refractivity contribution in [3.8, 4) is 6.07 Å². The van der Waals surface area contributed by atoms with E-state index in [1.165, 1.54) is 25.3 Å². The van der Waals surface area contributed by atoms with Gasteiger partial charge in [0.1, 0.15) is 0 Å². The number of nitrogens with zero attached hydrogens (tertiary/aromatic N) is 1. The summed E-state index contributed by atoms with van der Waals surface area (Å²) >= 11 is 0. The molecule has 0 aromatic heterocycles. The first-order valence-corrected chi connectivity index (χ1v) is 7.63. The number of nitrogens with one attached hydrogen (secondary N) is 1. The van der Waals surface area contributed by atoms with Crippen LogP contribution in [0.15, 0.2) is 24.3 Å². The van der Waals surface area contributed by atoms with Crippen molar-refractivity contribution in [3.05, 3.63) is 35.4 Å². The van der Waals surface area contributed by atoms with Gasteiger partial charge in [0.25, 0.3) is 5.91 Å². The monoisotopic (exact) mass is 300 g/mol. The van der Waals surface area contributed by atoms with E-state index in [0.717, 1.165) is 12.8 Å². The predicted molar refractivity (Wildman–Crippen MR) is 81.0 cm³/mol. The molecular weight excluding hydrogens is 280 g/mol. The molecule has 0 saturated heterocycles. The third-order valence-corrected chi connectivity index (χ3v) is 3.87. The van der Waals surface area contributed by atoms with E-state index in [-0.39, 0.29) is 18.1 Å². The highest BCUT2D eigenvalue weighted by atomic mass is 16.5. The van der Waals surface area contributed by atoms with Crippen LogP contribution in [0.1, 0.15) is 48.0 Å². The average Bonchev–Trinajstić information content (AvgIpc) is 2.58. The van der Waals surface area contributed by atoms with Crippen LogP contribution in [0, 0.1) is 17.2 Å². The molecule has 116 valence electrons. The molecule has 2 rings (SSSR count). The molecule has 1 N–H and O–H groups in total. The molecule has 1 aromatic rings. The van der Waals surface area contributed by atoms with Gasteiger partial charge in [0, 0.05) is 6.54 Å². The molecule has 1 aliphatic carbocycles. The van der Waals surface area contributed by atoms with Crippen LogP contribution in [0.4, 0.5) is 0 Å². The Bertz CT molecular complexity index is 572. The minimum Gasteiger partial charge on any atom is -0.452 e. The molecule has 5 heteroatoms. The Balaban J connectivity index is 1.73. The second-order valence-corrected chi connectivity index (χ2v) is 5.58. The van der Waals surface area contributed by atoms with Gasteiger partial charge < -0.3 is 10.1 Å². The van der Waals surface area contributed by atoms with Gasteiger partial charge in [0.2, 0.25) is 0 Å². The van der Waals surface area contributed by atoms with E-state index in [0.29, 0.717) is 18.0 Å². The second kappa shape index (κ2) is 8.18. The molecule has 1 saturated carbocycles. The van der Waals surface area contributed by atoms with Crippen molar-refractivity contribution in [2.24, 2.45) is 5.92 Å². The maximum atomic E-state index is 11.8. The lowest BCUT2D eigenvalue weighted by Gasteiger charge is -2.21. The Hall–Kier alpha value is -2.35. The molecular formula is C17H20N2O3. The van der Waals surface area contributed by atoms with Gasteiger partial charge in [-0.15, -0.1) is 0 Å². The number of ether oxygens (including phenoxy) is 1. The zero-order valence-electron chi connectivity index (χ0n) is 12.5. The van der Waals surface area contributed by atoms with E-state index >= 15 is 0 Å². The highest BCUT2D eigenvalue weighted by Gasteiger charge is 2.15. The molecule has 0 radical (unpaired) electrons. The standard InChI is InChI=1S/C17H20N2O3/c18-10-14-7-4-8-15(9-14)17(21)22-12-16(20)19-11-13-5-2-1-3-6-13/h4,7-9,13H,1-3,5-6,11-12H2,(H,19,20). The van der Waals surface area contributed by atoms with Crippen LogP contribution < -0.4 is 5.32 Å². The molecule has 0 heterocycles. The van der Waals surface area contributed by atoms with Gasteiger partial charge in [-0.1, -0.05) is 25.3 Å². The van der Waals surface area contributed by atoms with Gasteiger partial charge in [0.15, 0.2) is 6.61 Å². The largest absolute Gasteiger partial charge is 0.452 e. The summed E-state index contributed by atoms with van der Waals surface area (Å²) in [7, 11) is 0.